The smallest absolute Gasteiger partial charge is 0.277 e. The predicted octanol–water partition coefficient (Wildman–Crippen LogP) is 4.77. The fourth-order valence-electron chi connectivity index (χ4n) is 4.61. The minimum atomic E-state index is -0.758. The van der Waals surface area contributed by atoms with Crippen LogP contribution in [0.2, 0.25) is 0 Å². The van der Waals surface area contributed by atoms with Crippen molar-refractivity contribution < 1.29 is 19.4 Å². The summed E-state index contributed by atoms with van der Waals surface area (Å²) in [6.07, 6.45) is 0. The number of carbonyl (C=O) groups is 1. The molecule has 1 aliphatic heterocycles. The average molecular weight is 462 g/mol. The monoisotopic (exact) mass is 462 g/mol. The number of anilines is 2. The number of para-hydroxylation sites is 1. The van der Waals surface area contributed by atoms with E-state index in [0.29, 0.717) is 22.7 Å². The average Bonchev–Trinajstić information content (AvgIpc) is 3.05. The Morgan fingerprint density at radius 1 is 1.00 bits per heavy atom. The molecule has 34 heavy (non-hydrogen) atoms. The molecule has 3 aromatic rings. The van der Waals surface area contributed by atoms with Crippen LogP contribution in [0.1, 0.15) is 41.4 Å². The molecule has 0 unspecified atom stereocenters. The number of benzene rings is 3. The van der Waals surface area contributed by atoms with Crippen molar-refractivity contribution in [1.29, 1.82) is 0 Å². The van der Waals surface area contributed by atoms with Gasteiger partial charge < -0.3 is 10.5 Å². The molecule has 1 atom stereocenters. The number of nitrogen functional groups attached to an aromatic ring is 1. The predicted molar refractivity (Wildman–Crippen MR) is 126 cm³/mol. The lowest BCUT2D eigenvalue weighted by Gasteiger charge is -2.34. The van der Waals surface area contributed by atoms with Gasteiger partial charge in [-0.3, -0.25) is 29.9 Å². The van der Waals surface area contributed by atoms with Gasteiger partial charge in [0.1, 0.15) is 5.75 Å². The molecule has 2 N–H and O–H groups in total. The number of nitrogens with two attached hydrogens (primary N) is 1. The van der Waals surface area contributed by atoms with E-state index in [1.165, 1.54) is 12.0 Å². The van der Waals surface area contributed by atoms with E-state index in [1.54, 1.807) is 30.3 Å². The van der Waals surface area contributed by atoms with Gasteiger partial charge in [-0.15, -0.1) is 0 Å². The molecule has 1 amide bonds. The summed E-state index contributed by atoms with van der Waals surface area (Å²) < 4.78 is 5.57. The number of nitro benzene ring substituents is 2. The maximum Gasteiger partial charge on any atom is 0.277 e. The molecule has 10 nitrogen and oxygen atoms in total. The molecule has 1 aliphatic rings. The summed E-state index contributed by atoms with van der Waals surface area (Å²) in [6.45, 7) is 3.96. The molecule has 0 fully saturated rings. The van der Waals surface area contributed by atoms with Crippen LogP contribution in [0, 0.1) is 20.2 Å². The van der Waals surface area contributed by atoms with Crippen molar-refractivity contribution >= 4 is 28.7 Å². The second-order valence-corrected chi connectivity index (χ2v) is 8.57. The highest BCUT2D eigenvalue weighted by Gasteiger charge is 2.49. The fraction of sp³-hybridized carbons (Fsp3) is 0.208. The molecule has 174 valence electrons. The van der Waals surface area contributed by atoms with Crippen LogP contribution in [-0.4, -0.2) is 22.9 Å². The topological polar surface area (TPSA) is 142 Å². The van der Waals surface area contributed by atoms with Crippen LogP contribution in [0.3, 0.4) is 0 Å². The van der Waals surface area contributed by atoms with E-state index in [9.17, 15) is 25.0 Å². The number of ether oxygens (including phenoxy) is 1. The van der Waals surface area contributed by atoms with E-state index in [-0.39, 0.29) is 5.56 Å². The van der Waals surface area contributed by atoms with Crippen molar-refractivity contribution in [2.24, 2.45) is 0 Å². The quantitative estimate of drug-likeness (QED) is 0.327. The minimum Gasteiger partial charge on any atom is -0.496 e. The molecule has 0 saturated heterocycles. The number of methoxy groups -OCH3 is 1. The lowest BCUT2D eigenvalue weighted by molar-refractivity contribution is -0.394. The Morgan fingerprint density at radius 2 is 1.62 bits per heavy atom. The van der Waals surface area contributed by atoms with Crippen LogP contribution in [0.15, 0.2) is 60.7 Å². The zero-order valence-electron chi connectivity index (χ0n) is 18.7. The zero-order chi connectivity index (χ0) is 24.8. The second-order valence-electron chi connectivity index (χ2n) is 8.57. The van der Waals surface area contributed by atoms with Gasteiger partial charge in [-0.25, -0.2) is 0 Å². The van der Waals surface area contributed by atoms with Gasteiger partial charge in [-0.1, -0.05) is 38.1 Å². The lowest BCUT2D eigenvalue weighted by Crippen LogP contribution is -2.38. The lowest BCUT2D eigenvalue weighted by atomic mass is 9.77. The molecule has 4 rings (SSSR count). The maximum absolute atomic E-state index is 13.9. The summed E-state index contributed by atoms with van der Waals surface area (Å²) in [7, 11) is 1.50. The van der Waals surface area contributed by atoms with Gasteiger partial charge >= 0.3 is 0 Å². The van der Waals surface area contributed by atoms with E-state index in [2.05, 4.69) is 0 Å². The number of nitrogens with zero attached hydrogens (tertiary/aromatic N) is 3. The van der Waals surface area contributed by atoms with Gasteiger partial charge in [0.05, 0.1) is 34.6 Å². The van der Waals surface area contributed by atoms with Crippen molar-refractivity contribution in [3.8, 4) is 5.75 Å². The number of non-ortho nitro benzene ring substituents is 2. The molecule has 0 saturated carbocycles. The number of nitro groups is 2. The van der Waals surface area contributed by atoms with Crippen molar-refractivity contribution in [3.05, 3.63) is 97.6 Å². The van der Waals surface area contributed by atoms with Crippen molar-refractivity contribution in [1.82, 2.24) is 0 Å². The third-order valence-corrected chi connectivity index (χ3v) is 6.14. The van der Waals surface area contributed by atoms with E-state index in [0.717, 1.165) is 23.8 Å². The zero-order valence-corrected chi connectivity index (χ0v) is 18.7. The van der Waals surface area contributed by atoms with Crippen LogP contribution in [0.4, 0.5) is 22.7 Å². The Labute approximate surface area is 194 Å². The largest absolute Gasteiger partial charge is 0.496 e. The number of hydrogen-bond donors (Lipinski definition) is 1. The first-order chi connectivity index (χ1) is 16.1. The standard InChI is InChI=1S/C24H22N4O6/c1-24(2)19-6-4-5-7-20(19)26(22(24)18-9-8-15(25)12-21(18)34-3)23(29)14-10-16(27(30)31)13-17(11-14)28(32)33/h4-13,22H,25H2,1-3H3/t22-/m1/s1. The van der Waals surface area contributed by atoms with E-state index < -0.39 is 38.6 Å². The first-order valence-corrected chi connectivity index (χ1v) is 10.4. The molecule has 0 aliphatic carbocycles. The maximum atomic E-state index is 13.9. The highest BCUT2D eigenvalue weighted by molar-refractivity contribution is 6.09. The summed E-state index contributed by atoms with van der Waals surface area (Å²) in [4.78, 5) is 36.7. The van der Waals surface area contributed by atoms with E-state index in [1.807, 2.05) is 26.0 Å². The molecule has 0 aromatic heterocycles. The van der Waals surface area contributed by atoms with Crippen LogP contribution in [-0.2, 0) is 5.41 Å². The van der Waals surface area contributed by atoms with Crippen molar-refractivity contribution in [2.45, 2.75) is 25.3 Å². The molecule has 1 heterocycles. The highest BCUT2D eigenvalue weighted by Crippen LogP contribution is 2.55. The summed E-state index contributed by atoms with van der Waals surface area (Å²) in [5.74, 6) is -0.123. The van der Waals surface area contributed by atoms with Crippen LogP contribution >= 0.6 is 0 Å². The number of hydrogen-bond acceptors (Lipinski definition) is 7. The Balaban J connectivity index is 1.95. The first-order valence-electron chi connectivity index (χ1n) is 10.4. The molecule has 0 radical (unpaired) electrons. The van der Waals surface area contributed by atoms with E-state index in [4.69, 9.17) is 10.5 Å². The summed E-state index contributed by atoms with van der Waals surface area (Å²) >= 11 is 0. The molecule has 10 heteroatoms. The van der Waals surface area contributed by atoms with Gasteiger partial charge in [0.25, 0.3) is 17.3 Å². The van der Waals surface area contributed by atoms with Gasteiger partial charge in [-0.05, 0) is 17.7 Å². The van der Waals surface area contributed by atoms with Gasteiger partial charge in [0.2, 0.25) is 0 Å². The van der Waals surface area contributed by atoms with Crippen LogP contribution in [0.25, 0.3) is 0 Å². The Kier molecular flexibility index (Phi) is 5.44. The Hall–Kier alpha value is -4.47. The third-order valence-electron chi connectivity index (χ3n) is 6.14. The number of amides is 1. The SMILES string of the molecule is COc1cc(N)ccc1[C@H]1N(C(=O)c2cc([N+](=O)[O-])cc([N+](=O)[O-])c2)c2ccccc2C1(C)C. The Morgan fingerprint density at radius 3 is 2.21 bits per heavy atom. The van der Waals surface area contributed by atoms with E-state index >= 15 is 0 Å². The number of carbonyl (C=O) groups excluding carboxylic acids is 1. The highest BCUT2D eigenvalue weighted by atomic mass is 16.6. The molecule has 0 bridgehead atoms. The summed E-state index contributed by atoms with van der Waals surface area (Å²) in [6, 6.07) is 14.9. The van der Waals surface area contributed by atoms with Crippen molar-refractivity contribution in [3.63, 3.8) is 0 Å². The molecule has 0 spiro atoms. The minimum absolute atomic E-state index is 0.159. The van der Waals surface area contributed by atoms with Crippen LogP contribution < -0.4 is 15.4 Å². The fourth-order valence-corrected chi connectivity index (χ4v) is 4.61. The molecular formula is C24H22N4O6. The second kappa shape index (κ2) is 8.14. The first kappa shape index (κ1) is 22.7. The number of rotatable bonds is 5. The number of fused-ring (bicyclic) bond motifs is 1. The van der Waals surface area contributed by atoms with Gasteiger partial charge in [0, 0.05) is 40.6 Å². The normalized spacial score (nSPS) is 16.1. The Bertz CT molecular complexity index is 1300. The van der Waals surface area contributed by atoms with Gasteiger partial charge in [0.15, 0.2) is 0 Å². The molecule has 3 aromatic carbocycles. The summed E-state index contributed by atoms with van der Waals surface area (Å²) in [5, 5.41) is 22.8. The summed E-state index contributed by atoms with van der Waals surface area (Å²) in [5.41, 5.74) is 6.78. The van der Waals surface area contributed by atoms with Crippen molar-refractivity contribution in [2.75, 3.05) is 17.7 Å². The van der Waals surface area contributed by atoms with Crippen LogP contribution in [0.5, 0.6) is 5.75 Å². The molecular weight excluding hydrogens is 440 g/mol. The third kappa shape index (κ3) is 3.58. The van der Waals surface area contributed by atoms with Gasteiger partial charge in [-0.2, -0.15) is 0 Å².